The molecule has 0 aliphatic rings. The molecule has 0 aromatic heterocycles. The van der Waals surface area contributed by atoms with Crippen LogP contribution in [0.25, 0.3) is 0 Å². The molecule has 0 radical (unpaired) electrons. The van der Waals surface area contributed by atoms with Crippen LogP contribution in [0.4, 0.5) is 0 Å². The number of carbonyl (C=O) groups is 2. The van der Waals surface area contributed by atoms with E-state index in [1.54, 1.807) is 18.2 Å². The Morgan fingerprint density at radius 2 is 1.81 bits per heavy atom. The summed E-state index contributed by atoms with van der Waals surface area (Å²) in [5, 5.41) is 3.70. The molecule has 0 saturated carbocycles. The maximum atomic E-state index is 12.0. The molecule has 0 heterocycles. The Labute approximate surface area is 163 Å². The van der Waals surface area contributed by atoms with Crippen molar-refractivity contribution in [2.24, 2.45) is 0 Å². The number of benzene rings is 2. The number of aryl methyl sites for hydroxylation is 2. The average Bonchev–Trinajstić information content (AvgIpc) is 2.58. The number of esters is 1. The van der Waals surface area contributed by atoms with E-state index in [9.17, 15) is 9.59 Å². The third-order valence-electron chi connectivity index (χ3n) is 4.12. The van der Waals surface area contributed by atoms with Crippen molar-refractivity contribution in [3.05, 3.63) is 68.7 Å². The van der Waals surface area contributed by atoms with E-state index in [2.05, 4.69) is 5.32 Å². The summed E-state index contributed by atoms with van der Waals surface area (Å²) < 4.78 is 5.03. The Hall–Kier alpha value is -2.04. The molecule has 0 fully saturated rings. The van der Waals surface area contributed by atoms with E-state index in [0.29, 0.717) is 15.6 Å². The van der Waals surface area contributed by atoms with Crippen molar-refractivity contribution >= 4 is 35.1 Å². The van der Waals surface area contributed by atoms with Gasteiger partial charge in [0, 0.05) is 10.0 Å². The molecule has 0 bridgehead atoms. The first kappa shape index (κ1) is 20.3. The fourth-order valence-electron chi connectivity index (χ4n) is 2.42. The molecule has 4 nitrogen and oxygen atoms in total. The van der Waals surface area contributed by atoms with Crippen LogP contribution in [-0.2, 0) is 20.7 Å². The molecule has 2 aromatic rings. The monoisotopic (exact) mass is 393 g/mol. The predicted molar refractivity (Wildman–Crippen MR) is 104 cm³/mol. The Balaban J connectivity index is 1.83. The van der Waals surface area contributed by atoms with Crippen LogP contribution in [0.15, 0.2) is 36.4 Å². The van der Waals surface area contributed by atoms with Gasteiger partial charge in [-0.25, -0.2) is 0 Å². The van der Waals surface area contributed by atoms with E-state index < -0.39 is 5.97 Å². The second-order valence-electron chi connectivity index (χ2n) is 6.21. The van der Waals surface area contributed by atoms with Crippen molar-refractivity contribution in [1.29, 1.82) is 0 Å². The summed E-state index contributed by atoms with van der Waals surface area (Å²) in [6, 6.07) is 10.7. The third-order valence-corrected chi connectivity index (χ3v) is 4.71. The van der Waals surface area contributed by atoms with Crippen LogP contribution < -0.4 is 5.32 Å². The Morgan fingerprint density at radius 3 is 2.46 bits per heavy atom. The maximum Gasteiger partial charge on any atom is 0.310 e. The van der Waals surface area contributed by atoms with Crippen LogP contribution in [0.2, 0.25) is 10.0 Å². The van der Waals surface area contributed by atoms with Crippen molar-refractivity contribution in [3.63, 3.8) is 0 Å². The van der Waals surface area contributed by atoms with Crippen molar-refractivity contribution in [1.82, 2.24) is 5.32 Å². The Bertz CT molecular complexity index is 821. The molecule has 1 atom stereocenters. The highest BCUT2D eigenvalue weighted by Gasteiger charge is 2.14. The zero-order chi connectivity index (χ0) is 19.3. The number of ether oxygens (including phenoxy) is 1. The fourth-order valence-corrected chi connectivity index (χ4v) is 2.89. The van der Waals surface area contributed by atoms with Crippen LogP contribution in [0.3, 0.4) is 0 Å². The van der Waals surface area contributed by atoms with Crippen LogP contribution in [0.5, 0.6) is 0 Å². The van der Waals surface area contributed by atoms with Crippen molar-refractivity contribution in [2.45, 2.75) is 33.2 Å². The summed E-state index contributed by atoms with van der Waals surface area (Å²) in [6.07, 6.45) is -0.0179. The van der Waals surface area contributed by atoms with Gasteiger partial charge in [-0.15, -0.1) is 0 Å². The summed E-state index contributed by atoms with van der Waals surface area (Å²) in [7, 11) is 0. The summed E-state index contributed by atoms with van der Waals surface area (Å²) in [6.45, 7) is 5.61. The maximum absolute atomic E-state index is 12.0. The average molecular weight is 394 g/mol. The van der Waals surface area contributed by atoms with Gasteiger partial charge in [0.1, 0.15) is 0 Å². The van der Waals surface area contributed by atoms with Gasteiger partial charge in [-0.3, -0.25) is 9.59 Å². The van der Waals surface area contributed by atoms with Crippen LogP contribution in [0, 0.1) is 13.8 Å². The minimum atomic E-state index is -0.525. The highest BCUT2D eigenvalue weighted by molar-refractivity contribution is 6.35. The lowest BCUT2D eigenvalue weighted by Crippen LogP contribution is -2.31. The van der Waals surface area contributed by atoms with E-state index in [-0.39, 0.29) is 25.0 Å². The second-order valence-corrected chi connectivity index (χ2v) is 7.05. The zero-order valence-corrected chi connectivity index (χ0v) is 16.4. The van der Waals surface area contributed by atoms with Crippen LogP contribution in [-0.4, -0.2) is 18.5 Å². The van der Waals surface area contributed by atoms with Crippen molar-refractivity contribution in [2.75, 3.05) is 6.61 Å². The standard InChI is InChI=1S/C20H21Cl2NO3/c1-12-4-5-15(8-13(12)2)14(3)23-19(24)11-26-20(25)9-16-6-7-17(21)10-18(16)22/h4-8,10,14H,9,11H2,1-3H3,(H,23,24)/t14-/m0/s1. The Morgan fingerprint density at radius 1 is 1.08 bits per heavy atom. The smallest absolute Gasteiger partial charge is 0.310 e. The number of rotatable bonds is 6. The van der Waals surface area contributed by atoms with E-state index in [1.807, 2.05) is 39.0 Å². The van der Waals surface area contributed by atoms with Crippen molar-refractivity contribution < 1.29 is 14.3 Å². The topological polar surface area (TPSA) is 55.4 Å². The van der Waals surface area contributed by atoms with Gasteiger partial charge in [0.2, 0.25) is 0 Å². The highest BCUT2D eigenvalue weighted by Crippen LogP contribution is 2.21. The number of halogens is 2. The van der Waals surface area contributed by atoms with Crippen LogP contribution in [0.1, 0.15) is 35.2 Å². The number of nitrogens with one attached hydrogen (secondary N) is 1. The predicted octanol–water partition coefficient (Wildman–Crippen LogP) is 4.57. The van der Waals surface area contributed by atoms with Crippen LogP contribution >= 0.6 is 23.2 Å². The SMILES string of the molecule is Cc1ccc([C@H](C)NC(=O)COC(=O)Cc2ccc(Cl)cc2Cl)cc1C. The first-order valence-corrected chi connectivity index (χ1v) is 8.98. The number of amides is 1. The van der Waals surface area contributed by atoms with Gasteiger partial charge in [-0.1, -0.05) is 47.5 Å². The molecule has 0 aliphatic carbocycles. The number of carbonyl (C=O) groups excluding carboxylic acids is 2. The lowest BCUT2D eigenvalue weighted by molar-refractivity contribution is -0.148. The van der Waals surface area contributed by atoms with E-state index in [0.717, 1.165) is 11.1 Å². The lowest BCUT2D eigenvalue weighted by atomic mass is 10.0. The van der Waals surface area contributed by atoms with E-state index >= 15 is 0 Å². The number of hydrogen-bond donors (Lipinski definition) is 1. The molecule has 0 spiro atoms. The summed E-state index contributed by atoms with van der Waals surface area (Å²) in [5.74, 6) is -0.880. The molecule has 2 aromatic carbocycles. The number of hydrogen-bond acceptors (Lipinski definition) is 3. The van der Waals surface area contributed by atoms with E-state index in [4.69, 9.17) is 27.9 Å². The molecule has 1 amide bonds. The second kappa shape index (κ2) is 9.06. The molecule has 0 saturated heterocycles. The van der Waals surface area contributed by atoms with Gasteiger partial charge in [-0.2, -0.15) is 0 Å². The zero-order valence-electron chi connectivity index (χ0n) is 14.9. The summed E-state index contributed by atoms with van der Waals surface area (Å²) >= 11 is 11.8. The molecule has 0 aliphatic heterocycles. The van der Waals surface area contributed by atoms with Gasteiger partial charge in [0.15, 0.2) is 6.61 Å². The molecular formula is C20H21Cl2NO3. The largest absolute Gasteiger partial charge is 0.455 e. The molecule has 0 unspecified atom stereocenters. The molecule has 1 N–H and O–H groups in total. The minimum absolute atomic E-state index is 0.0179. The third kappa shape index (κ3) is 5.75. The van der Waals surface area contributed by atoms with Gasteiger partial charge in [-0.05, 0) is 55.2 Å². The lowest BCUT2D eigenvalue weighted by Gasteiger charge is -2.16. The first-order valence-electron chi connectivity index (χ1n) is 8.22. The Kier molecular flexibility index (Phi) is 7.06. The summed E-state index contributed by atoms with van der Waals surface area (Å²) in [5.41, 5.74) is 3.96. The molecule has 26 heavy (non-hydrogen) atoms. The van der Waals surface area contributed by atoms with Gasteiger partial charge < -0.3 is 10.1 Å². The minimum Gasteiger partial charge on any atom is -0.455 e. The molecule has 6 heteroatoms. The van der Waals surface area contributed by atoms with Gasteiger partial charge in [0.05, 0.1) is 12.5 Å². The normalized spacial score (nSPS) is 11.7. The quantitative estimate of drug-likeness (QED) is 0.730. The first-order chi connectivity index (χ1) is 12.3. The fraction of sp³-hybridized carbons (Fsp3) is 0.300. The van der Waals surface area contributed by atoms with Gasteiger partial charge in [0.25, 0.3) is 5.91 Å². The molecular weight excluding hydrogens is 373 g/mol. The molecule has 138 valence electrons. The highest BCUT2D eigenvalue weighted by atomic mass is 35.5. The van der Waals surface area contributed by atoms with Gasteiger partial charge >= 0.3 is 5.97 Å². The summed E-state index contributed by atoms with van der Waals surface area (Å²) in [4.78, 5) is 23.9. The molecule has 2 rings (SSSR count). The van der Waals surface area contributed by atoms with E-state index in [1.165, 1.54) is 5.56 Å². The van der Waals surface area contributed by atoms with Crippen molar-refractivity contribution in [3.8, 4) is 0 Å².